The zero-order valence-corrected chi connectivity index (χ0v) is 29.4. The number of rotatable bonds is 6. The molecule has 0 aliphatic heterocycles. The highest BCUT2D eigenvalue weighted by Crippen LogP contribution is 2.42. The SMILES string of the molecule is [2H]c1c([2H])c([2H])c(-c2nc(-c3c([2H])c([2H])c([2H])c([2H])c3[2H])nc(-n3c4ccccc4c4c([2H])c([2H])c5c6ccccc6n(-c6ccc(-c7cccc(-c8ccccc8)c7)cc6)c5c43)n2)c([2H])c1[2H]. The molecule has 0 N–H and O–H groups in total. The lowest BCUT2D eigenvalue weighted by molar-refractivity contribution is 0.953. The molecule has 0 aliphatic carbocycles. The molecule has 0 bridgehead atoms. The number of aromatic nitrogens is 5. The monoisotopic (exact) mass is 727 g/mol. The maximum absolute atomic E-state index is 9.64. The topological polar surface area (TPSA) is 48.5 Å². The molecule has 0 atom stereocenters. The number of fused-ring (bicyclic) bond motifs is 7. The van der Waals surface area contributed by atoms with E-state index in [1.807, 2.05) is 77.4 Å². The van der Waals surface area contributed by atoms with Crippen LogP contribution in [0.1, 0.15) is 16.4 Å². The van der Waals surface area contributed by atoms with Gasteiger partial charge >= 0.3 is 0 Å². The van der Waals surface area contributed by atoms with Gasteiger partial charge in [0.05, 0.1) is 38.5 Å². The summed E-state index contributed by atoms with van der Waals surface area (Å²) in [6.07, 6.45) is 0. The maximum atomic E-state index is 9.64. The molecule has 0 fully saturated rings. The molecule has 11 aromatic rings. The van der Waals surface area contributed by atoms with Gasteiger partial charge in [0, 0.05) is 38.4 Å². The first-order chi connectivity index (χ1) is 32.8. The fraction of sp³-hybridized carbons (Fsp3) is 0. The van der Waals surface area contributed by atoms with Crippen LogP contribution in [0.2, 0.25) is 0 Å². The van der Waals surface area contributed by atoms with Crippen LogP contribution in [0.25, 0.3) is 100 Å². The van der Waals surface area contributed by atoms with Crippen LogP contribution < -0.4 is 0 Å². The summed E-state index contributed by atoms with van der Waals surface area (Å²) >= 11 is 0. The summed E-state index contributed by atoms with van der Waals surface area (Å²) in [4.78, 5) is 14.2. The second-order valence-electron chi connectivity index (χ2n) is 13.2. The van der Waals surface area contributed by atoms with Crippen LogP contribution >= 0.6 is 0 Å². The first kappa shape index (κ1) is 21.9. The molecule has 8 aromatic carbocycles. The highest BCUT2D eigenvalue weighted by Gasteiger charge is 2.23. The highest BCUT2D eigenvalue weighted by atomic mass is 15.2. The lowest BCUT2D eigenvalue weighted by Crippen LogP contribution is -2.07. The minimum atomic E-state index is -0.660. The fourth-order valence-electron chi connectivity index (χ4n) is 7.51. The molecule has 11 rings (SSSR count). The lowest BCUT2D eigenvalue weighted by Gasteiger charge is -2.14. The van der Waals surface area contributed by atoms with E-state index >= 15 is 0 Å². The van der Waals surface area contributed by atoms with Crippen LogP contribution in [0.4, 0.5) is 0 Å². The smallest absolute Gasteiger partial charge is 0.238 e. The summed E-state index contributed by atoms with van der Waals surface area (Å²) in [6.45, 7) is 0. The first-order valence-electron chi connectivity index (χ1n) is 23.9. The van der Waals surface area contributed by atoms with Crippen molar-refractivity contribution in [3.05, 3.63) is 200 Å². The van der Waals surface area contributed by atoms with Gasteiger partial charge in [-0.15, -0.1) is 0 Å². The van der Waals surface area contributed by atoms with Crippen LogP contribution in [0.3, 0.4) is 0 Å². The van der Waals surface area contributed by atoms with E-state index in [1.54, 1.807) is 28.8 Å². The van der Waals surface area contributed by atoms with Gasteiger partial charge in [-0.2, -0.15) is 9.97 Å². The van der Waals surface area contributed by atoms with Gasteiger partial charge in [0.25, 0.3) is 0 Å². The number of hydrogen-bond acceptors (Lipinski definition) is 3. The third-order valence-corrected chi connectivity index (χ3v) is 9.99. The minimum absolute atomic E-state index is 0.0324. The number of para-hydroxylation sites is 2. The normalized spacial score (nSPS) is 14.6. The van der Waals surface area contributed by atoms with Gasteiger partial charge in [0.2, 0.25) is 5.95 Å². The molecule has 5 heteroatoms. The fourth-order valence-corrected chi connectivity index (χ4v) is 7.51. The maximum Gasteiger partial charge on any atom is 0.238 e. The van der Waals surface area contributed by atoms with Crippen molar-refractivity contribution in [3.8, 4) is 56.7 Å². The molecule has 0 radical (unpaired) electrons. The van der Waals surface area contributed by atoms with Crippen molar-refractivity contribution in [1.82, 2.24) is 24.1 Å². The molecular formula is C51H33N5. The van der Waals surface area contributed by atoms with E-state index in [0.717, 1.165) is 33.5 Å². The van der Waals surface area contributed by atoms with Crippen molar-refractivity contribution >= 4 is 43.6 Å². The van der Waals surface area contributed by atoms with Gasteiger partial charge < -0.3 is 4.57 Å². The summed E-state index contributed by atoms with van der Waals surface area (Å²) in [5.74, 6) is -1.06. The van der Waals surface area contributed by atoms with Crippen LogP contribution in [0, 0.1) is 0 Å². The van der Waals surface area contributed by atoms with Gasteiger partial charge in [-0.1, -0.05) is 170 Å². The van der Waals surface area contributed by atoms with E-state index in [2.05, 4.69) is 35.3 Å². The summed E-state index contributed by atoms with van der Waals surface area (Å²) in [7, 11) is 0. The van der Waals surface area contributed by atoms with Gasteiger partial charge in [0.1, 0.15) is 0 Å². The number of nitrogens with zero attached hydrogens (tertiary/aromatic N) is 5. The quantitative estimate of drug-likeness (QED) is 0.171. The van der Waals surface area contributed by atoms with E-state index in [4.69, 9.17) is 23.7 Å². The predicted octanol–water partition coefficient (Wildman–Crippen LogP) is 12.7. The van der Waals surface area contributed by atoms with Crippen molar-refractivity contribution in [1.29, 1.82) is 0 Å². The third kappa shape index (κ3) is 5.21. The van der Waals surface area contributed by atoms with E-state index in [9.17, 15) is 2.74 Å². The Hall–Kier alpha value is -7.63. The van der Waals surface area contributed by atoms with Crippen molar-refractivity contribution in [2.24, 2.45) is 0 Å². The Kier molecular flexibility index (Phi) is 5.10. The van der Waals surface area contributed by atoms with Crippen molar-refractivity contribution < 1.29 is 16.4 Å². The van der Waals surface area contributed by atoms with Crippen molar-refractivity contribution in [3.63, 3.8) is 0 Å². The molecule has 0 amide bonds. The summed E-state index contributed by atoms with van der Waals surface area (Å²) < 4.78 is 109. The Balaban J connectivity index is 1.26. The highest BCUT2D eigenvalue weighted by molar-refractivity contribution is 6.23. The molecular weight excluding hydrogens is 683 g/mol. The molecule has 0 unspecified atom stereocenters. The average molecular weight is 728 g/mol. The lowest BCUT2D eigenvalue weighted by atomic mass is 9.99. The van der Waals surface area contributed by atoms with E-state index in [1.165, 1.54) is 0 Å². The molecule has 0 spiro atoms. The van der Waals surface area contributed by atoms with E-state index < -0.39 is 83.2 Å². The molecule has 0 saturated carbocycles. The van der Waals surface area contributed by atoms with Crippen molar-refractivity contribution in [2.75, 3.05) is 0 Å². The second-order valence-corrected chi connectivity index (χ2v) is 13.2. The number of hydrogen-bond donors (Lipinski definition) is 0. The van der Waals surface area contributed by atoms with Gasteiger partial charge in [0.15, 0.2) is 11.6 Å². The van der Waals surface area contributed by atoms with Gasteiger partial charge in [-0.05, 0) is 52.6 Å². The molecule has 262 valence electrons. The molecule has 3 heterocycles. The Labute approximate surface area is 340 Å². The molecule has 5 nitrogen and oxygen atoms in total. The Morgan fingerprint density at radius 2 is 0.839 bits per heavy atom. The Morgan fingerprint density at radius 3 is 1.43 bits per heavy atom. The third-order valence-electron chi connectivity index (χ3n) is 9.99. The Morgan fingerprint density at radius 1 is 0.357 bits per heavy atom. The minimum Gasteiger partial charge on any atom is -0.307 e. The summed E-state index contributed by atoms with van der Waals surface area (Å²) in [6, 6.07) is 34.6. The van der Waals surface area contributed by atoms with Crippen LogP contribution in [-0.2, 0) is 0 Å². The van der Waals surface area contributed by atoms with Crippen LogP contribution in [0.15, 0.2) is 200 Å². The largest absolute Gasteiger partial charge is 0.307 e. The zero-order chi connectivity index (χ0) is 47.4. The molecule has 56 heavy (non-hydrogen) atoms. The molecule has 3 aromatic heterocycles. The Bertz CT molecular complexity index is 3800. The average Bonchev–Trinajstić information content (AvgIpc) is 3.90. The first-order valence-corrected chi connectivity index (χ1v) is 17.9. The van der Waals surface area contributed by atoms with E-state index in [-0.39, 0.29) is 18.0 Å². The van der Waals surface area contributed by atoms with Gasteiger partial charge in [-0.3, -0.25) is 4.57 Å². The molecule has 0 saturated heterocycles. The number of benzene rings is 8. The van der Waals surface area contributed by atoms with E-state index in [0.29, 0.717) is 38.1 Å². The van der Waals surface area contributed by atoms with Crippen molar-refractivity contribution in [2.45, 2.75) is 0 Å². The van der Waals surface area contributed by atoms with Crippen LogP contribution in [0.5, 0.6) is 0 Å². The predicted molar refractivity (Wildman–Crippen MR) is 230 cm³/mol. The molecule has 0 aliphatic rings. The summed E-state index contributed by atoms with van der Waals surface area (Å²) in [5.41, 5.74) is 6.12. The second kappa shape index (κ2) is 13.0. The summed E-state index contributed by atoms with van der Waals surface area (Å²) in [5, 5.41) is 2.05. The van der Waals surface area contributed by atoms with Crippen LogP contribution in [-0.4, -0.2) is 24.1 Å². The zero-order valence-electron chi connectivity index (χ0n) is 41.4. The van der Waals surface area contributed by atoms with Gasteiger partial charge in [-0.25, -0.2) is 4.98 Å². The standard InChI is InChI=1S/C51H33N5/c1-4-15-34(16-5-1)38-21-14-22-39(33-38)35-27-29-40(30-28-35)55-45-25-12-10-23-41(45)43-31-32-44-42-24-11-13-26-46(42)56(48(44)47(43)55)51-53-49(36-17-6-2-7-18-36)52-50(54-51)37-19-8-3-9-20-37/h1-33H/i2D,3D,6D,7D,8D,9D,17D,18D,19D,20D,31D,32D.